The predicted octanol–water partition coefficient (Wildman–Crippen LogP) is 2.28. The standard InChI is InChI=1S/HNO3.NO3.4H2N.Pd/c2*2-1(3)4;;;;;/h(H,2,3,4);;4*1H2;/q;5*-1;. The maximum absolute atomic E-state index is 8.36. The first kappa shape index (κ1) is 58.9. The molecule has 13 heteroatoms. The third-order valence-electron chi connectivity index (χ3n) is 0. The monoisotopic (exact) mass is 295 g/mol. The number of nitrogens with two attached hydrogens (primary N) is 4. The molecule has 0 aromatic carbocycles. The SMILES string of the molecule is O=[N+]([O-])O.O=[N+]([O-])[O-].[NH2-].[NH2-].[NH2-].[NH2-].[Pd]. The van der Waals surface area contributed by atoms with Crippen molar-refractivity contribution in [2.45, 2.75) is 0 Å². The molecule has 0 fully saturated rings. The molecule has 0 atom stereocenters. The molecule has 0 radical (unpaired) electrons. The van der Waals surface area contributed by atoms with Crippen molar-refractivity contribution < 1.29 is 35.8 Å². The molecule has 0 spiro atoms. The summed E-state index contributed by atoms with van der Waals surface area (Å²) < 4.78 is 0. The zero-order valence-corrected chi connectivity index (χ0v) is 7.56. The van der Waals surface area contributed by atoms with E-state index in [-0.39, 0.29) is 45.0 Å². The Balaban J connectivity index is -0.00000000800. The van der Waals surface area contributed by atoms with Crippen LogP contribution in [-0.4, -0.2) is 15.4 Å². The number of hydrogen-bond donors (Lipinski definition) is 1. The van der Waals surface area contributed by atoms with E-state index in [4.69, 9.17) is 30.6 Å². The minimum Gasteiger partial charge on any atom is -0.693 e. The van der Waals surface area contributed by atoms with Crippen LogP contribution >= 0.6 is 0 Å². The van der Waals surface area contributed by atoms with Crippen LogP contribution in [-0.2, 0) is 20.4 Å². The molecule has 0 aromatic heterocycles. The summed E-state index contributed by atoms with van der Waals surface area (Å²) in [5.41, 5.74) is 0. The van der Waals surface area contributed by atoms with Gasteiger partial charge in [-0.1, -0.05) is 0 Å². The third-order valence-corrected chi connectivity index (χ3v) is 0. The second kappa shape index (κ2) is 44.5. The smallest absolute Gasteiger partial charge is 0.291 e. The molecule has 12 nitrogen and oxygen atoms in total. The van der Waals surface area contributed by atoms with Gasteiger partial charge in [0.25, 0.3) is 5.09 Å². The molecule has 0 aliphatic heterocycles. The minimum atomic E-state index is -1.75. The fraction of sp³-hybridized carbons (Fsp3) is 0. The van der Waals surface area contributed by atoms with Crippen molar-refractivity contribution in [3.8, 4) is 0 Å². The zero-order valence-electron chi connectivity index (χ0n) is 6.01. The molecular formula is H9N6O6Pd-5. The fourth-order valence-electron chi connectivity index (χ4n) is 0. The van der Waals surface area contributed by atoms with Crippen molar-refractivity contribution in [3.05, 3.63) is 50.0 Å². The molecule has 0 rings (SSSR count). The number of nitrogens with zero attached hydrogens (tertiary/aromatic N) is 2. The number of hydrogen-bond acceptors (Lipinski definition) is 5. The van der Waals surface area contributed by atoms with E-state index in [9.17, 15) is 0 Å². The van der Waals surface area contributed by atoms with Crippen LogP contribution in [0.3, 0.4) is 0 Å². The Morgan fingerprint density at radius 3 is 0.846 bits per heavy atom. The quantitative estimate of drug-likeness (QED) is 0.397. The van der Waals surface area contributed by atoms with Gasteiger partial charge in [0.15, 0.2) is 0 Å². The van der Waals surface area contributed by atoms with E-state index < -0.39 is 10.2 Å². The van der Waals surface area contributed by atoms with Crippen LogP contribution in [0.5, 0.6) is 0 Å². The van der Waals surface area contributed by atoms with E-state index in [0.29, 0.717) is 0 Å². The van der Waals surface area contributed by atoms with Crippen molar-refractivity contribution in [1.29, 1.82) is 0 Å². The van der Waals surface area contributed by atoms with Gasteiger partial charge in [-0.05, 0) is 0 Å². The van der Waals surface area contributed by atoms with Gasteiger partial charge in [-0.25, -0.2) is 0 Å². The van der Waals surface area contributed by atoms with Crippen molar-refractivity contribution in [2.24, 2.45) is 0 Å². The van der Waals surface area contributed by atoms with Gasteiger partial charge in [-0.2, -0.15) is 0 Å². The van der Waals surface area contributed by atoms with E-state index >= 15 is 0 Å². The van der Waals surface area contributed by atoms with Gasteiger partial charge < -0.3 is 45.1 Å². The molecule has 0 saturated heterocycles. The van der Waals surface area contributed by atoms with Gasteiger partial charge in [-0.15, -0.1) is 10.1 Å². The maximum Gasteiger partial charge on any atom is 0.291 e. The van der Waals surface area contributed by atoms with E-state index in [0.717, 1.165) is 0 Å². The van der Waals surface area contributed by atoms with Crippen LogP contribution in [0.2, 0.25) is 0 Å². The van der Waals surface area contributed by atoms with Crippen molar-refractivity contribution >= 4 is 0 Å². The van der Waals surface area contributed by atoms with Gasteiger partial charge >= 0.3 is 0 Å². The average molecular weight is 296 g/mol. The molecule has 0 aliphatic rings. The van der Waals surface area contributed by atoms with Crippen LogP contribution in [0, 0.1) is 25.4 Å². The molecule has 90 valence electrons. The van der Waals surface area contributed by atoms with Gasteiger partial charge in [0.2, 0.25) is 0 Å². The molecule has 0 aromatic rings. The summed E-state index contributed by atoms with van der Waals surface area (Å²) in [6.45, 7) is 0. The summed E-state index contributed by atoms with van der Waals surface area (Å²) in [7, 11) is 0. The van der Waals surface area contributed by atoms with Crippen LogP contribution in [0.15, 0.2) is 0 Å². The molecule has 13 heavy (non-hydrogen) atoms. The topological polar surface area (TPSA) is 264 Å². The van der Waals surface area contributed by atoms with Crippen LogP contribution < -0.4 is 0 Å². The summed E-state index contributed by atoms with van der Waals surface area (Å²) >= 11 is 0. The van der Waals surface area contributed by atoms with Gasteiger partial charge in [-0.3, -0.25) is 0 Å². The minimum absolute atomic E-state index is 0. The van der Waals surface area contributed by atoms with E-state index in [2.05, 4.69) is 0 Å². The molecule has 0 aliphatic carbocycles. The van der Waals surface area contributed by atoms with E-state index in [1.807, 2.05) is 0 Å². The van der Waals surface area contributed by atoms with Gasteiger partial charge in [0, 0.05) is 20.4 Å². The molecule has 9 N–H and O–H groups in total. The third kappa shape index (κ3) is 717. The maximum atomic E-state index is 8.36. The average Bonchev–Trinajstić information content (AvgIpc) is 1.25. The largest absolute Gasteiger partial charge is 0.693 e. The molecule has 0 saturated carbocycles. The first-order valence-electron chi connectivity index (χ1n) is 1.11. The van der Waals surface area contributed by atoms with Crippen LogP contribution in [0.4, 0.5) is 0 Å². The Labute approximate surface area is 86.5 Å². The Morgan fingerprint density at radius 1 is 0.846 bits per heavy atom. The Bertz CT molecular complexity index is 75.1. The van der Waals surface area contributed by atoms with Crippen molar-refractivity contribution in [3.63, 3.8) is 0 Å². The Morgan fingerprint density at radius 2 is 0.846 bits per heavy atom. The molecule has 0 bridgehead atoms. The Kier molecular flexibility index (Phi) is 201. The Hall–Kier alpha value is -1.10. The van der Waals surface area contributed by atoms with E-state index in [1.165, 1.54) is 0 Å². The van der Waals surface area contributed by atoms with Gasteiger partial charge in [0.05, 0.1) is 5.09 Å². The zero-order chi connectivity index (χ0) is 7.15. The first-order valence-corrected chi connectivity index (χ1v) is 1.11. The van der Waals surface area contributed by atoms with Crippen LogP contribution in [0.1, 0.15) is 0 Å². The summed E-state index contributed by atoms with van der Waals surface area (Å²) in [4.78, 5) is 16.6. The van der Waals surface area contributed by atoms with E-state index in [1.54, 1.807) is 0 Å². The summed E-state index contributed by atoms with van der Waals surface area (Å²) in [5, 5.41) is 28.4. The second-order valence-electron chi connectivity index (χ2n) is 0.461. The predicted molar refractivity (Wildman–Crippen MR) is 40.3 cm³/mol. The summed E-state index contributed by atoms with van der Waals surface area (Å²) in [6, 6.07) is 0. The fourth-order valence-corrected chi connectivity index (χ4v) is 0. The van der Waals surface area contributed by atoms with Crippen LogP contribution in [0.25, 0.3) is 24.6 Å². The van der Waals surface area contributed by atoms with Crippen molar-refractivity contribution in [1.82, 2.24) is 0 Å². The first-order chi connectivity index (χ1) is 3.46. The number of rotatable bonds is 0. The molecular weight excluding hydrogens is 286 g/mol. The summed E-state index contributed by atoms with van der Waals surface area (Å²) in [5.74, 6) is 0. The molecule has 0 heterocycles. The second-order valence-corrected chi connectivity index (χ2v) is 0.461. The summed E-state index contributed by atoms with van der Waals surface area (Å²) in [6.07, 6.45) is 0. The van der Waals surface area contributed by atoms with Gasteiger partial charge in [0.1, 0.15) is 0 Å². The molecule has 0 unspecified atom stereocenters. The van der Waals surface area contributed by atoms with Crippen molar-refractivity contribution in [2.75, 3.05) is 0 Å². The normalized spacial score (nSPS) is 3.69. The molecule has 0 amide bonds.